The summed E-state index contributed by atoms with van der Waals surface area (Å²) >= 11 is 3.45. The highest BCUT2D eigenvalue weighted by Gasteiger charge is 2.11. The molecule has 0 saturated carbocycles. The second-order valence-electron chi connectivity index (χ2n) is 4.09. The molecule has 80 valence electrons. The summed E-state index contributed by atoms with van der Waals surface area (Å²) in [5, 5.41) is 0. The van der Waals surface area contributed by atoms with Crippen LogP contribution in [-0.2, 0) is 6.42 Å². The first-order valence-electron chi connectivity index (χ1n) is 5.01. The number of anilines is 1. The number of imidazole rings is 1. The Hall–Kier alpha value is -1.03. The second-order valence-corrected chi connectivity index (χ2v) is 4.84. The minimum Gasteiger partial charge on any atom is -0.385 e. The average molecular weight is 268 g/mol. The molecule has 0 aliphatic rings. The van der Waals surface area contributed by atoms with Crippen LogP contribution >= 0.6 is 15.9 Å². The summed E-state index contributed by atoms with van der Waals surface area (Å²) in [4.78, 5) is 4.49. The molecule has 0 fully saturated rings. The molecular formula is C11H14BrN3. The molecule has 2 N–H and O–H groups in total. The lowest BCUT2D eigenvalue weighted by molar-refractivity contribution is 0.619. The van der Waals surface area contributed by atoms with Gasteiger partial charge in [0.05, 0.1) is 5.52 Å². The Bertz CT molecular complexity index is 488. The summed E-state index contributed by atoms with van der Waals surface area (Å²) in [5.74, 6) is 2.33. The SMILES string of the molecule is CC(C)Cc1nc(Br)c2cccc(N)n12. The second kappa shape index (κ2) is 3.85. The number of hydrogen-bond donors (Lipinski definition) is 1. The van der Waals surface area contributed by atoms with Crippen LogP contribution in [0.1, 0.15) is 19.7 Å². The summed E-state index contributed by atoms with van der Waals surface area (Å²) in [6.07, 6.45) is 0.932. The van der Waals surface area contributed by atoms with Gasteiger partial charge in [-0.25, -0.2) is 4.98 Å². The maximum Gasteiger partial charge on any atom is 0.132 e. The Kier molecular flexibility index (Phi) is 2.69. The van der Waals surface area contributed by atoms with E-state index in [1.807, 2.05) is 22.6 Å². The first kappa shape index (κ1) is 10.5. The largest absolute Gasteiger partial charge is 0.385 e. The third kappa shape index (κ3) is 1.86. The number of pyridine rings is 1. The minimum atomic E-state index is 0.571. The van der Waals surface area contributed by atoms with Gasteiger partial charge in [0.25, 0.3) is 0 Å². The van der Waals surface area contributed by atoms with Crippen molar-refractivity contribution in [2.45, 2.75) is 20.3 Å². The topological polar surface area (TPSA) is 43.3 Å². The smallest absolute Gasteiger partial charge is 0.132 e. The lowest BCUT2D eigenvalue weighted by Gasteiger charge is -2.06. The van der Waals surface area contributed by atoms with E-state index in [1.165, 1.54) is 0 Å². The molecule has 0 aliphatic carbocycles. The van der Waals surface area contributed by atoms with Gasteiger partial charge in [0, 0.05) is 6.42 Å². The van der Waals surface area contributed by atoms with Gasteiger partial charge in [-0.1, -0.05) is 19.9 Å². The summed E-state index contributed by atoms with van der Waals surface area (Å²) in [6.45, 7) is 4.35. The fourth-order valence-corrected chi connectivity index (χ4v) is 2.21. The first-order valence-corrected chi connectivity index (χ1v) is 5.80. The van der Waals surface area contributed by atoms with Gasteiger partial charge in [-0.2, -0.15) is 0 Å². The first-order chi connectivity index (χ1) is 7.09. The number of hydrogen-bond acceptors (Lipinski definition) is 2. The van der Waals surface area contributed by atoms with Crippen molar-refractivity contribution in [1.82, 2.24) is 9.38 Å². The van der Waals surface area contributed by atoms with Gasteiger partial charge < -0.3 is 5.73 Å². The maximum atomic E-state index is 5.95. The predicted octanol–water partition coefficient (Wildman–Crippen LogP) is 2.88. The molecule has 0 aromatic carbocycles. The van der Waals surface area contributed by atoms with E-state index in [2.05, 4.69) is 34.8 Å². The van der Waals surface area contributed by atoms with E-state index in [-0.39, 0.29) is 0 Å². The number of aromatic nitrogens is 2. The molecule has 0 bridgehead atoms. The molecule has 15 heavy (non-hydrogen) atoms. The van der Waals surface area contributed by atoms with Crippen molar-refractivity contribution < 1.29 is 0 Å². The number of fused-ring (bicyclic) bond motifs is 1. The van der Waals surface area contributed by atoms with E-state index in [9.17, 15) is 0 Å². The molecule has 0 aliphatic heterocycles. The summed E-state index contributed by atoms with van der Waals surface area (Å²) < 4.78 is 2.87. The van der Waals surface area contributed by atoms with Crippen LogP contribution in [0.2, 0.25) is 0 Å². The Morgan fingerprint density at radius 2 is 2.20 bits per heavy atom. The molecular weight excluding hydrogens is 254 g/mol. The molecule has 2 heterocycles. The van der Waals surface area contributed by atoms with Gasteiger partial charge in [-0.15, -0.1) is 0 Å². The number of halogens is 1. The molecule has 0 saturated heterocycles. The molecule has 0 spiro atoms. The van der Waals surface area contributed by atoms with Gasteiger partial charge >= 0.3 is 0 Å². The zero-order chi connectivity index (χ0) is 11.0. The molecule has 2 aromatic rings. The normalized spacial score (nSPS) is 11.5. The van der Waals surface area contributed by atoms with Crippen LogP contribution in [0.4, 0.5) is 5.82 Å². The van der Waals surface area contributed by atoms with Crippen LogP contribution in [0.5, 0.6) is 0 Å². The van der Waals surface area contributed by atoms with Gasteiger partial charge in [-0.05, 0) is 34.0 Å². The monoisotopic (exact) mass is 267 g/mol. The van der Waals surface area contributed by atoms with Crippen molar-refractivity contribution in [1.29, 1.82) is 0 Å². The lowest BCUT2D eigenvalue weighted by atomic mass is 10.1. The van der Waals surface area contributed by atoms with Crippen molar-refractivity contribution in [3.63, 3.8) is 0 Å². The minimum absolute atomic E-state index is 0.571. The summed E-state index contributed by atoms with van der Waals surface area (Å²) in [5.41, 5.74) is 6.98. The molecule has 0 atom stereocenters. The number of nitrogens with two attached hydrogens (primary N) is 1. The predicted molar refractivity (Wildman–Crippen MR) is 65.8 cm³/mol. The highest BCUT2D eigenvalue weighted by atomic mass is 79.9. The van der Waals surface area contributed by atoms with E-state index >= 15 is 0 Å². The van der Waals surface area contributed by atoms with Gasteiger partial charge in [0.1, 0.15) is 16.2 Å². The van der Waals surface area contributed by atoms with Crippen LogP contribution in [0.25, 0.3) is 5.52 Å². The van der Waals surface area contributed by atoms with Crippen LogP contribution in [-0.4, -0.2) is 9.38 Å². The Morgan fingerprint density at radius 3 is 2.87 bits per heavy atom. The summed E-state index contributed by atoms with van der Waals surface area (Å²) in [6, 6.07) is 5.85. The van der Waals surface area contributed by atoms with Gasteiger partial charge in [0.15, 0.2) is 0 Å². The van der Waals surface area contributed by atoms with Crippen molar-refractivity contribution in [3.05, 3.63) is 28.6 Å². The van der Waals surface area contributed by atoms with Crippen LogP contribution in [0.3, 0.4) is 0 Å². The van der Waals surface area contributed by atoms with Crippen molar-refractivity contribution in [2.24, 2.45) is 5.92 Å². The van der Waals surface area contributed by atoms with Crippen LogP contribution < -0.4 is 5.73 Å². The molecule has 3 nitrogen and oxygen atoms in total. The fraction of sp³-hybridized carbons (Fsp3) is 0.364. The quantitative estimate of drug-likeness (QED) is 0.910. The van der Waals surface area contributed by atoms with Crippen molar-refractivity contribution in [2.75, 3.05) is 5.73 Å². The number of nitrogen functional groups attached to an aromatic ring is 1. The zero-order valence-corrected chi connectivity index (χ0v) is 10.5. The Labute approximate surface area is 97.4 Å². The fourth-order valence-electron chi connectivity index (χ4n) is 1.70. The molecule has 0 amide bonds. The number of rotatable bonds is 2. The highest BCUT2D eigenvalue weighted by Crippen LogP contribution is 2.23. The van der Waals surface area contributed by atoms with Crippen molar-refractivity contribution >= 4 is 27.3 Å². The Morgan fingerprint density at radius 1 is 1.47 bits per heavy atom. The standard InChI is InChI=1S/C11H14BrN3/c1-7(2)6-10-14-11(12)8-4-3-5-9(13)15(8)10/h3-5,7H,6,13H2,1-2H3. The van der Waals surface area contributed by atoms with E-state index in [0.717, 1.165) is 28.2 Å². The molecule has 0 unspecified atom stereocenters. The molecule has 2 aromatic heterocycles. The lowest BCUT2D eigenvalue weighted by Crippen LogP contribution is -2.04. The van der Waals surface area contributed by atoms with Crippen LogP contribution in [0, 0.1) is 5.92 Å². The third-order valence-electron chi connectivity index (χ3n) is 2.31. The highest BCUT2D eigenvalue weighted by molar-refractivity contribution is 9.10. The van der Waals surface area contributed by atoms with Crippen molar-refractivity contribution in [3.8, 4) is 0 Å². The average Bonchev–Trinajstić information content (AvgIpc) is 2.44. The Balaban J connectivity index is 2.65. The maximum absolute atomic E-state index is 5.95. The molecule has 2 rings (SSSR count). The number of nitrogens with zero attached hydrogens (tertiary/aromatic N) is 2. The summed E-state index contributed by atoms with van der Waals surface area (Å²) in [7, 11) is 0. The van der Waals surface area contributed by atoms with Crippen LogP contribution in [0.15, 0.2) is 22.8 Å². The van der Waals surface area contributed by atoms with Gasteiger partial charge in [-0.3, -0.25) is 4.40 Å². The van der Waals surface area contributed by atoms with E-state index in [1.54, 1.807) is 0 Å². The molecule has 0 radical (unpaired) electrons. The van der Waals surface area contributed by atoms with E-state index in [0.29, 0.717) is 5.92 Å². The van der Waals surface area contributed by atoms with Gasteiger partial charge in [0.2, 0.25) is 0 Å². The molecule has 4 heteroatoms. The van der Waals surface area contributed by atoms with E-state index < -0.39 is 0 Å². The third-order valence-corrected chi connectivity index (χ3v) is 2.89. The van der Waals surface area contributed by atoms with E-state index in [4.69, 9.17) is 5.73 Å². The zero-order valence-electron chi connectivity index (χ0n) is 8.87.